The van der Waals surface area contributed by atoms with Gasteiger partial charge in [0.25, 0.3) is 0 Å². The van der Waals surface area contributed by atoms with E-state index in [0.29, 0.717) is 19.4 Å². The van der Waals surface area contributed by atoms with Crippen molar-refractivity contribution in [3.63, 3.8) is 0 Å². The van der Waals surface area contributed by atoms with E-state index in [9.17, 15) is 9.59 Å². The second kappa shape index (κ2) is 6.43. The van der Waals surface area contributed by atoms with Crippen molar-refractivity contribution in [3.05, 3.63) is 35.9 Å². The van der Waals surface area contributed by atoms with Gasteiger partial charge in [0.15, 0.2) is 0 Å². The van der Waals surface area contributed by atoms with Crippen LogP contribution in [0, 0.1) is 0 Å². The van der Waals surface area contributed by atoms with Gasteiger partial charge in [-0.1, -0.05) is 50.0 Å². The summed E-state index contributed by atoms with van der Waals surface area (Å²) in [5.74, 6) is -0.0964. The fourth-order valence-corrected chi connectivity index (χ4v) is 3.37. The normalized spacial score (nSPS) is 18.7. The molecule has 0 aromatic heterocycles. The van der Waals surface area contributed by atoms with Crippen molar-refractivity contribution >= 4 is 20.1 Å². The molecular formula is C16H23NO3Si. The van der Waals surface area contributed by atoms with Crippen LogP contribution in [-0.4, -0.2) is 37.6 Å². The average Bonchev–Trinajstić information content (AvgIpc) is 2.77. The number of carbonyl (C=O) groups excluding carboxylic acids is 2. The molecule has 0 aliphatic carbocycles. The van der Waals surface area contributed by atoms with Crippen LogP contribution in [0.15, 0.2) is 30.3 Å². The summed E-state index contributed by atoms with van der Waals surface area (Å²) in [5, 5.41) is 0. The Hall–Kier alpha value is -1.62. The van der Waals surface area contributed by atoms with Gasteiger partial charge < -0.3 is 4.74 Å². The van der Waals surface area contributed by atoms with Crippen molar-refractivity contribution in [2.24, 2.45) is 0 Å². The molecule has 0 bridgehead atoms. The Morgan fingerprint density at radius 1 is 1.29 bits per heavy atom. The van der Waals surface area contributed by atoms with Crippen LogP contribution in [0.3, 0.4) is 0 Å². The number of hydrogen-bond acceptors (Lipinski definition) is 3. The lowest BCUT2D eigenvalue weighted by Gasteiger charge is -2.22. The Bertz CT molecular complexity index is 510. The Kier molecular flexibility index (Phi) is 4.83. The number of benzene rings is 1. The number of rotatable bonds is 5. The highest BCUT2D eigenvalue weighted by molar-refractivity contribution is 6.76. The number of ether oxygens (including phenoxy) is 1. The van der Waals surface area contributed by atoms with Gasteiger partial charge in [-0.15, -0.1) is 0 Å². The molecule has 1 aliphatic rings. The lowest BCUT2D eigenvalue weighted by molar-refractivity contribution is -0.128. The van der Waals surface area contributed by atoms with E-state index in [1.165, 1.54) is 4.90 Å². The van der Waals surface area contributed by atoms with E-state index in [4.69, 9.17) is 4.74 Å². The zero-order chi connectivity index (χ0) is 15.5. The molecule has 5 heteroatoms. The quantitative estimate of drug-likeness (QED) is 0.784. The molecular weight excluding hydrogens is 282 g/mol. The maximum Gasteiger partial charge on any atom is 0.416 e. The van der Waals surface area contributed by atoms with E-state index in [1.54, 1.807) is 0 Å². The van der Waals surface area contributed by atoms with Crippen LogP contribution >= 0.6 is 0 Å². The van der Waals surface area contributed by atoms with E-state index >= 15 is 0 Å². The van der Waals surface area contributed by atoms with Crippen LogP contribution in [-0.2, 0) is 16.0 Å². The van der Waals surface area contributed by atoms with Crippen LogP contribution in [0.1, 0.15) is 12.0 Å². The first-order valence-corrected chi connectivity index (χ1v) is 11.1. The Morgan fingerprint density at radius 3 is 2.57 bits per heavy atom. The zero-order valence-corrected chi connectivity index (χ0v) is 14.0. The molecule has 0 N–H and O–H groups in total. The lowest BCUT2D eigenvalue weighted by Crippen LogP contribution is -2.40. The summed E-state index contributed by atoms with van der Waals surface area (Å²) in [4.78, 5) is 25.5. The summed E-state index contributed by atoms with van der Waals surface area (Å²) in [6.07, 6.45) is 0.609. The number of amides is 2. The summed E-state index contributed by atoms with van der Waals surface area (Å²) < 4.78 is 5.08. The molecule has 1 saturated heterocycles. The molecule has 0 spiro atoms. The minimum atomic E-state index is -1.29. The molecule has 1 atom stereocenters. The van der Waals surface area contributed by atoms with Crippen molar-refractivity contribution in [2.45, 2.75) is 44.6 Å². The highest BCUT2D eigenvalue weighted by Gasteiger charge is 2.37. The van der Waals surface area contributed by atoms with E-state index in [-0.39, 0.29) is 11.9 Å². The molecule has 1 aromatic carbocycles. The van der Waals surface area contributed by atoms with Crippen molar-refractivity contribution < 1.29 is 14.3 Å². The van der Waals surface area contributed by atoms with Gasteiger partial charge in [-0.25, -0.2) is 9.69 Å². The van der Waals surface area contributed by atoms with Crippen molar-refractivity contribution in [1.29, 1.82) is 0 Å². The monoisotopic (exact) mass is 305 g/mol. The van der Waals surface area contributed by atoms with Crippen molar-refractivity contribution in [2.75, 3.05) is 6.61 Å². The topological polar surface area (TPSA) is 46.6 Å². The Morgan fingerprint density at radius 2 is 1.95 bits per heavy atom. The summed E-state index contributed by atoms with van der Waals surface area (Å²) >= 11 is 0. The Labute approximate surface area is 127 Å². The number of nitrogens with zero attached hydrogens (tertiary/aromatic N) is 1. The van der Waals surface area contributed by atoms with Gasteiger partial charge in [0, 0.05) is 14.5 Å². The molecule has 0 unspecified atom stereocenters. The SMILES string of the molecule is C[Si](C)(C)CCC(=O)N1C(=O)OC[C@H]1Cc1ccccc1. The third kappa shape index (κ3) is 4.42. The summed E-state index contributed by atoms with van der Waals surface area (Å²) in [6.45, 7) is 6.98. The summed E-state index contributed by atoms with van der Waals surface area (Å²) in [6, 6.07) is 10.6. The van der Waals surface area contributed by atoms with Crippen LogP contribution in [0.5, 0.6) is 0 Å². The largest absolute Gasteiger partial charge is 0.447 e. The minimum Gasteiger partial charge on any atom is -0.447 e. The van der Waals surface area contributed by atoms with Crippen molar-refractivity contribution in [1.82, 2.24) is 4.90 Å². The molecule has 0 radical (unpaired) electrons. The molecule has 1 aliphatic heterocycles. The predicted octanol–water partition coefficient (Wildman–Crippen LogP) is 3.30. The van der Waals surface area contributed by atoms with Gasteiger partial charge >= 0.3 is 6.09 Å². The molecule has 1 fully saturated rings. The highest BCUT2D eigenvalue weighted by Crippen LogP contribution is 2.20. The maximum absolute atomic E-state index is 12.4. The van der Waals surface area contributed by atoms with Gasteiger partial charge in [-0.05, 0) is 18.0 Å². The van der Waals surface area contributed by atoms with E-state index in [0.717, 1.165) is 11.6 Å². The first-order valence-electron chi connectivity index (χ1n) is 7.39. The van der Waals surface area contributed by atoms with E-state index < -0.39 is 14.2 Å². The predicted molar refractivity (Wildman–Crippen MR) is 84.9 cm³/mol. The third-order valence-corrected chi connectivity index (χ3v) is 5.38. The van der Waals surface area contributed by atoms with Crippen LogP contribution in [0.25, 0.3) is 0 Å². The smallest absolute Gasteiger partial charge is 0.416 e. The first-order chi connectivity index (χ1) is 9.87. The Balaban J connectivity index is 2.01. The van der Waals surface area contributed by atoms with Crippen LogP contribution < -0.4 is 0 Å². The van der Waals surface area contributed by atoms with E-state index in [1.807, 2.05) is 30.3 Å². The maximum atomic E-state index is 12.4. The highest BCUT2D eigenvalue weighted by atomic mass is 28.3. The second-order valence-electron chi connectivity index (χ2n) is 6.74. The standard InChI is InChI=1S/C16H23NO3Si/c1-21(2,3)10-9-15(18)17-14(12-20-16(17)19)11-13-7-5-4-6-8-13/h4-8,14H,9-12H2,1-3H3/t14-/m1/s1. The average molecular weight is 305 g/mol. The first kappa shape index (κ1) is 15.8. The molecule has 1 aromatic rings. The zero-order valence-electron chi connectivity index (χ0n) is 13.0. The van der Waals surface area contributed by atoms with E-state index in [2.05, 4.69) is 19.6 Å². The van der Waals surface area contributed by atoms with Gasteiger partial charge in [0.1, 0.15) is 6.61 Å². The second-order valence-corrected chi connectivity index (χ2v) is 12.4. The molecule has 2 amide bonds. The number of carbonyl (C=O) groups is 2. The fraction of sp³-hybridized carbons (Fsp3) is 0.500. The van der Waals surface area contributed by atoms with Gasteiger partial charge in [0.2, 0.25) is 5.91 Å². The van der Waals surface area contributed by atoms with Crippen molar-refractivity contribution in [3.8, 4) is 0 Å². The molecule has 4 nitrogen and oxygen atoms in total. The third-order valence-electron chi connectivity index (χ3n) is 3.63. The number of imide groups is 1. The van der Waals surface area contributed by atoms with Crippen LogP contribution in [0.2, 0.25) is 25.7 Å². The number of hydrogen-bond donors (Lipinski definition) is 0. The minimum absolute atomic E-state index is 0.0964. The van der Waals surface area contributed by atoms with Crippen LogP contribution in [0.4, 0.5) is 4.79 Å². The summed E-state index contributed by atoms with van der Waals surface area (Å²) in [5.41, 5.74) is 1.11. The summed E-state index contributed by atoms with van der Waals surface area (Å²) in [7, 11) is -1.29. The molecule has 2 rings (SSSR count). The number of cyclic esters (lactones) is 1. The van der Waals surface area contributed by atoms with Gasteiger partial charge in [-0.3, -0.25) is 4.79 Å². The molecule has 114 valence electrons. The van der Waals surface area contributed by atoms with Gasteiger partial charge in [-0.2, -0.15) is 0 Å². The molecule has 0 saturated carbocycles. The molecule has 1 heterocycles. The van der Waals surface area contributed by atoms with Gasteiger partial charge in [0.05, 0.1) is 6.04 Å². The fourth-order valence-electron chi connectivity index (χ4n) is 2.40. The lowest BCUT2D eigenvalue weighted by atomic mass is 10.1. The molecule has 21 heavy (non-hydrogen) atoms.